The van der Waals surface area contributed by atoms with Crippen LogP contribution in [0.5, 0.6) is 17.2 Å². The quantitative estimate of drug-likeness (QED) is 0.357. The summed E-state index contributed by atoms with van der Waals surface area (Å²) in [5.74, 6) is -0.387. The number of ether oxygens (including phenoxy) is 2. The van der Waals surface area contributed by atoms with Gasteiger partial charge in [-0.15, -0.1) is 0 Å². The second kappa shape index (κ2) is 8.56. The van der Waals surface area contributed by atoms with E-state index in [1.165, 1.54) is 26.6 Å². The lowest BCUT2D eigenvalue weighted by Gasteiger charge is -2.12. The van der Waals surface area contributed by atoms with E-state index in [4.69, 9.17) is 13.9 Å². The van der Waals surface area contributed by atoms with Crippen LogP contribution in [0.25, 0.3) is 17.0 Å². The fraction of sp³-hybridized carbons (Fsp3) is 0.174. The van der Waals surface area contributed by atoms with Gasteiger partial charge in [0.2, 0.25) is 5.75 Å². The Bertz CT molecular complexity index is 1070. The van der Waals surface area contributed by atoms with E-state index in [1.807, 2.05) is 49.3 Å². The molecule has 0 fully saturated rings. The number of anilines is 1. The molecule has 0 aliphatic rings. The fourth-order valence-electron chi connectivity index (χ4n) is 3.03. The van der Waals surface area contributed by atoms with E-state index in [9.17, 15) is 9.90 Å². The summed E-state index contributed by atoms with van der Waals surface area (Å²) in [6.07, 6.45) is 8.09. The number of aromatic hydroxyl groups is 1. The van der Waals surface area contributed by atoms with Gasteiger partial charge in [0, 0.05) is 19.8 Å². The van der Waals surface area contributed by atoms with Crippen molar-refractivity contribution in [3.05, 3.63) is 65.9 Å². The molecule has 6 heteroatoms. The molecule has 0 amide bonds. The number of carbonyl (C=O) groups excluding carboxylic acids is 1. The fourth-order valence-corrected chi connectivity index (χ4v) is 3.03. The van der Waals surface area contributed by atoms with Crippen molar-refractivity contribution < 1.29 is 23.8 Å². The summed E-state index contributed by atoms with van der Waals surface area (Å²) >= 11 is 0. The van der Waals surface area contributed by atoms with Crippen LogP contribution in [-0.2, 0) is 0 Å². The number of carbonyl (C=O) groups is 1. The molecule has 3 aromatic rings. The average molecular weight is 393 g/mol. The minimum atomic E-state index is -0.409. The van der Waals surface area contributed by atoms with Gasteiger partial charge >= 0.3 is 0 Å². The van der Waals surface area contributed by atoms with Gasteiger partial charge < -0.3 is 23.9 Å². The third kappa shape index (κ3) is 3.96. The van der Waals surface area contributed by atoms with Gasteiger partial charge in [-0.3, -0.25) is 4.79 Å². The maximum atomic E-state index is 12.8. The largest absolute Gasteiger partial charge is 0.504 e. The summed E-state index contributed by atoms with van der Waals surface area (Å²) in [6, 6.07) is 9.68. The van der Waals surface area contributed by atoms with E-state index in [-0.39, 0.29) is 22.8 Å². The molecule has 0 radical (unpaired) electrons. The highest BCUT2D eigenvalue weighted by Crippen LogP contribution is 2.45. The first-order valence-electron chi connectivity index (χ1n) is 8.98. The number of phenols is 1. The molecule has 0 atom stereocenters. The van der Waals surface area contributed by atoms with Crippen molar-refractivity contribution in [3.8, 4) is 17.2 Å². The number of ketones is 1. The number of nitrogens with zero attached hydrogens (tertiary/aromatic N) is 1. The van der Waals surface area contributed by atoms with Crippen molar-refractivity contribution in [3.63, 3.8) is 0 Å². The van der Waals surface area contributed by atoms with E-state index in [0.29, 0.717) is 11.0 Å². The molecule has 0 bridgehead atoms. The number of methoxy groups -OCH3 is 2. The molecule has 3 rings (SSSR count). The Morgan fingerprint density at radius 1 is 1.03 bits per heavy atom. The Morgan fingerprint density at radius 3 is 2.34 bits per heavy atom. The molecule has 6 nitrogen and oxygen atoms in total. The van der Waals surface area contributed by atoms with Gasteiger partial charge in [0.05, 0.1) is 25.9 Å². The molecule has 0 saturated heterocycles. The van der Waals surface area contributed by atoms with Crippen LogP contribution < -0.4 is 14.4 Å². The third-order valence-electron chi connectivity index (χ3n) is 4.51. The second-order valence-electron chi connectivity index (χ2n) is 6.52. The monoisotopic (exact) mass is 393 g/mol. The SMILES string of the molecule is COc1c(C(=O)/C=C/C=C/c2ccc(N(C)C)cc2)c(O)c(OC)c2occc12. The molecule has 0 aliphatic heterocycles. The molecule has 0 unspecified atom stereocenters. The molecule has 150 valence electrons. The first-order valence-corrected chi connectivity index (χ1v) is 8.98. The Labute approximate surface area is 169 Å². The molecular formula is C23H23NO5. The van der Waals surface area contributed by atoms with Crippen LogP contribution in [0.3, 0.4) is 0 Å². The summed E-state index contributed by atoms with van der Waals surface area (Å²) in [5.41, 5.74) is 2.47. The number of allylic oxidation sites excluding steroid dienone is 3. The molecule has 1 aromatic heterocycles. The lowest BCUT2D eigenvalue weighted by Crippen LogP contribution is -2.07. The molecule has 2 aromatic carbocycles. The van der Waals surface area contributed by atoms with Crippen LogP contribution in [0.4, 0.5) is 5.69 Å². The van der Waals surface area contributed by atoms with Crippen molar-refractivity contribution in [2.45, 2.75) is 0 Å². The summed E-state index contributed by atoms with van der Waals surface area (Å²) < 4.78 is 16.0. The van der Waals surface area contributed by atoms with E-state index in [0.717, 1.165) is 11.3 Å². The molecule has 0 aliphatic carbocycles. The number of rotatable bonds is 7. The van der Waals surface area contributed by atoms with Crippen LogP contribution in [0.15, 0.2) is 59.2 Å². The number of hydrogen-bond donors (Lipinski definition) is 1. The molecule has 1 N–H and O–H groups in total. The lowest BCUT2D eigenvalue weighted by atomic mass is 10.0. The van der Waals surface area contributed by atoms with Gasteiger partial charge in [-0.05, 0) is 29.8 Å². The van der Waals surface area contributed by atoms with Crippen molar-refractivity contribution in [1.29, 1.82) is 0 Å². The zero-order valence-electron chi connectivity index (χ0n) is 16.8. The van der Waals surface area contributed by atoms with Gasteiger partial charge in [0.1, 0.15) is 11.3 Å². The van der Waals surface area contributed by atoms with Gasteiger partial charge in [-0.2, -0.15) is 0 Å². The second-order valence-corrected chi connectivity index (χ2v) is 6.52. The Balaban J connectivity index is 1.86. The van der Waals surface area contributed by atoms with E-state index < -0.39 is 5.78 Å². The first-order chi connectivity index (χ1) is 14.0. The van der Waals surface area contributed by atoms with Crippen LogP contribution in [-0.4, -0.2) is 39.2 Å². The smallest absolute Gasteiger partial charge is 0.205 e. The third-order valence-corrected chi connectivity index (χ3v) is 4.51. The zero-order valence-corrected chi connectivity index (χ0v) is 16.8. The number of hydrogen-bond acceptors (Lipinski definition) is 6. The van der Waals surface area contributed by atoms with Crippen molar-refractivity contribution >= 4 is 28.5 Å². The first kappa shape index (κ1) is 20.1. The standard InChI is InChI=1S/C23H23NO5/c1-24(2)16-11-9-15(10-12-16)7-5-6-8-18(25)19-20(26)23(28-4)22-17(13-14-29-22)21(19)27-3/h5-14,26H,1-4H3/b7-5+,8-6+. The maximum absolute atomic E-state index is 12.8. The summed E-state index contributed by atoms with van der Waals surface area (Å²) in [7, 11) is 6.81. The van der Waals surface area contributed by atoms with E-state index in [2.05, 4.69) is 0 Å². The topological polar surface area (TPSA) is 72.1 Å². The van der Waals surface area contributed by atoms with Gasteiger partial charge in [0.15, 0.2) is 17.1 Å². The number of phenolic OH excluding ortho intramolecular Hbond substituents is 1. The van der Waals surface area contributed by atoms with Gasteiger partial charge in [-0.1, -0.05) is 30.4 Å². The maximum Gasteiger partial charge on any atom is 0.205 e. The van der Waals surface area contributed by atoms with E-state index >= 15 is 0 Å². The normalized spacial score (nSPS) is 11.4. The predicted octanol–water partition coefficient (Wildman–Crippen LogP) is 4.67. The summed E-state index contributed by atoms with van der Waals surface area (Å²) in [4.78, 5) is 14.8. The van der Waals surface area contributed by atoms with Crippen LogP contribution >= 0.6 is 0 Å². The molecule has 29 heavy (non-hydrogen) atoms. The molecule has 1 heterocycles. The van der Waals surface area contributed by atoms with Crippen LogP contribution in [0.1, 0.15) is 15.9 Å². The Morgan fingerprint density at radius 2 is 1.72 bits per heavy atom. The predicted molar refractivity (Wildman–Crippen MR) is 114 cm³/mol. The Hall–Kier alpha value is -3.67. The van der Waals surface area contributed by atoms with Crippen molar-refractivity contribution in [2.75, 3.05) is 33.2 Å². The highest BCUT2D eigenvalue weighted by atomic mass is 16.5. The Kier molecular flexibility index (Phi) is 5.93. The van der Waals surface area contributed by atoms with Crippen LogP contribution in [0, 0.1) is 0 Å². The highest BCUT2D eigenvalue weighted by Gasteiger charge is 2.26. The lowest BCUT2D eigenvalue weighted by molar-refractivity contribution is 0.104. The number of fused-ring (bicyclic) bond motifs is 1. The van der Waals surface area contributed by atoms with Crippen molar-refractivity contribution in [1.82, 2.24) is 0 Å². The zero-order chi connectivity index (χ0) is 21.0. The molecule has 0 saturated carbocycles. The average Bonchev–Trinajstić information content (AvgIpc) is 3.19. The molecule has 0 spiro atoms. The highest BCUT2D eigenvalue weighted by molar-refractivity contribution is 6.13. The summed E-state index contributed by atoms with van der Waals surface area (Å²) in [5, 5.41) is 11.1. The minimum absolute atomic E-state index is 0.0261. The van der Waals surface area contributed by atoms with Gasteiger partial charge in [-0.25, -0.2) is 0 Å². The van der Waals surface area contributed by atoms with Crippen LogP contribution in [0.2, 0.25) is 0 Å². The number of furan rings is 1. The minimum Gasteiger partial charge on any atom is -0.504 e. The number of benzene rings is 2. The molecular weight excluding hydrogens is 370 g/mol. The summed E-state index contributed by atoms with van der Waals surface area (Å²) in [6.45, 7) is 0. The van der Waals surface area contributed by atoms with Gasteiger partial charge in [0.25, 0.3) is 0 Å². The van der Waals surface area contributed by atoms with Crippen molar-refractivity contribution in [2.24, 2.45) is 0 Å². The van der Waals surface area contributed by atoms with E-state index in [1.54, 1.807) is 18.2 Å².